The lowest BCUT2D eigenvalue weighted by Crippen LogP contribution is -2.32. The zero-order valence-corrected chi connectivity index (χ0v) is 15.2. The predicted molar refractivity (Wildman–Crippen MR) is 100 cm³/mol. The molecule has 0 radical (unpaired) electrons. The summed E-state index contributed by atoms with van der Waals surface area (Å²) in [5.41, 5.74) is 5.73. The molecule has 1 saturated heterocycles. The van der Waals surface area contributed by atoms with E-state index in [-0.39, 0.29) is 0 Å². The first-order valence-electron chi connectivity index (χ1n) is 8.29. The van der Waals surface area contributed by atoms with E-state index < -0.39 is 0 Å². The van der Waals surface area contributed by atoms with Gasteiger partial charge in [0.1, 0.15) is 5.78 Å². The van der Waals surface area contributed by atoms with Gasteiger partial charge in [-0.1, -0.05) is 12.5 Å². The van der Waals surface area contributed by atoms with Crippen LogP contribution in [-0.4, -0.2) is 30.3 Å². The van der Waals surface area contributed by atoms with Gasteiger partial charge >= 0.3 is 0 Å². The second-order valence-corrected chi connectivity index (χ2v) is 7.55. The largest absolute Gasteiger partial charge is 0.302 e. The molecule has 0 aliphatic carbocycles. The van der Waals surface area contributed by atoms with Gasteiger partial charge < -0.3 is 4.90 Å². The van der Waals surface area contributed by atoms with Gasteiger partial charge in [0, 0.05) is 32.5 Å². The molecular formula is C19H23NOS2. The molecule has 122 valence electrons. The van der Waals surface area contributed by atoms with Crippen LogP contribution in [0, 0.1) is 0 Å². The van der Waals surface area contributed by atoms with E-state index >= 15 is 0 Å². The van der Waals surface area contributed by atoms with Gasteiger partial charge in [-0.3, -0.25) is 4.79 Å². The summed E-state index contributed by atoms with van der Waals surface area (Å²) in [5, 5.41) is 8.83. The molecule has 0 saturated carbocycles. The number of carbonyl (C=O) groups excluding carboxylic acids is 1. The Labute approximate surface area is 146 Å². The smallest absolute Gasteiger partial charge is 0.133 e. The number of likely N-dealkylation sites (tertiary alicyclic amines) is 1. The average Bonchev–Trinajstić information content (AvgIpc) is 3.28. The van der Waals surface area contributed by atoms with Crippen molar-refractivity contribution in [1.82, 2.24) is 4.90 Å². The highest BCUT2D eigenvalue weighted by molar-refractivity contribution is 7.08. The third kappa shape index (κ3) is 4.19. The van der Waals surface area contributed by atoms with Crippen molar-refractivity contribution in [2.24, 2.45) is 0 Å². The standard InChI is InChI=1S/C19H23NOS2/c1-2-18(21)5-10-20-8-3-15(4-9-20)19(16-6-11-22-13-16)17-7-12-23-14-17/h6-7,11-14H,2-5,8-10H2,1H3. The Bertz CT molecular complexity index is 609. The molecule has 0 spiro atoms. The average molecular weight is 346 g/mol. The van der Waals surface area contributed by atoms with Gasteiger partial charge in [-0.15, -0.1) is 0 Å². The summed E-state index contributed by atoms with van der Waals surface area (Å²) in [4.78, 5) is 13.9. The summed E-state index contributed by atoms with van der Waals surface area (Å²) in [6.07, 6.45) is 3.60. The second kappa shape index (κ2) is 8.04. The first-order valence-corrected chi connectivity index (χ1v) is 10.2. The summed E-state index contributed by atoms with van der Waals surface area (Å²) in [7, 11) is 0. The first-order chi connectivity index (χ1) is 11.3. The molecule has 0 bridgehead atoms. The van der Waals surface area contributed by atoms with Crippen molar-refractivity contribution in [3.63, 3.8) is 0 Å². The highest BCUT2D eigenvalue weighted by Gasteiger charge is 2.19. The summed E-state index contributed by atoms with van der Waals surface area (Å²) >= 11 is 3.53. The monoisotopic (exact) mass is 345 g/mol. The van der Waals surface area contributed by atoms with Gasteiger partial charge in [-0.05, 0) is 63.2 Å². The molecule has 23 heavy (non-hydrogen) atoms. The van der Waals surface area contributed by atoms with E-state index in [2.05, 4.69) is 38.6 Å². The van der Waals surface area contributed by atoms with Crippen LogP contribution in [0.4, 0.5) is 0 Å². The zero-order valence-electron chi connectivity index (χ0n) is 13.6. The maximum Gasteiger partial charge on any atom is 0.133 e. The third-order valence-electron chi connectivity index (χ3n) is 4.53. The molecule has 3 rings (SSSR count). The van der Waals surface area contributed by atoms with Crippen molar-refractivity contribution in [2.75, 3.05) is 19.6 Å². The van der Waals surface area contributed by atoms with Crippen LogP contribution in [0.15, 0.2) is 39.2 Å². The highest BCUT2D eigenvalue weighted by Crippen LogP contribution is 2.34. The van der Waals surface area contributed by atoms with E-state index in [0.717, 1.165) is 32.5 Å². The number of thiophene rings is 2. The fraction of sp³-hybridized carbons (Fsp3) is 0.421. The van der Waals surface area contributed by atoms with E-state index in [1.54, 1.807) is 28.2 Å². The van der Waals surface area contributed by atoms with Crippen LogP contribution in [0.1, 0.15) is 43.7 Å². The number of Topliss-reactive ketones (excluding diaryl/α,β-unsaturated/α-hetero) is 1. The Kier molecular flexibility index (Phi) is 5.81. The minimum Gasteiger partial charge on any atom is -0.302 e. The number of hydrogen-bond donors (Lipinski definition) is 0. The predicted octanol–water partition coefficient (Wildman–Crippen LogP) is 5.08. The summed E-state index contributed by atoms with van der Waals surface area (Å²) in [6.45, 7) is 5.02. The van der Waals surface area contributed by atoms with Gasteiger partial charge in [0.25, 0.3) is 0 Å². The minimum absolute atomic E-state index is 0.378. The molecule has 0 aromatic carbocycles. The Morgan fingerprint density at radius 3 is 2.17 bits per heavy atom. The van der Waals surface area contributed by atoms with Crippen molar-refractivity contribution in [3.8, 4) is 0 Å². The van der Waals surface area contributed by atoms with Crippen LogP contribution >= 0.6 is 22.7 Å². The Morgan fingerprint density at radius 1 is 1.09 bits per heavy atom. The van der Waals surface area contributed by atoms with Crippen molar-refractivity contribution < 1.29 is 4.79 Å². The Hall–Kier alpha value is -1.23. The molecule has 1 aliphatic rings. The van der Waals surface area contributed by atoms with E-state index in [9.17, 15) is 4.79 Å². The maximum atomic E-state index is 11.5. The SMILES string of the molecule is CCC(=O)CCN1CCC(=C(c2ccsc2)c2ccsc2)CC1. The molecule has 2 aromatic heterocycles. The molecular weight excluding hydrogens is 322 g/mol. The van der Waals surface area contributed by atoms with Crippen LogP contribution < -0.4 is 0 Å². The maximum absolute atomic E-state index is 11.5. The third-order valence-corrected chi connectivity index (χ3v) is 5.90. The topological polar surface area (TPSA) is 20.3 Å². The van der Waals surface area contributed by atoms with Gasteiger partial charge in [-0.25, -0.2) is 0 Å². The van der Waals surface area contributed by atoms with E-state index in [0.29, 0.717) is 18.6 Å². The summed E-state index contributed by atoms with van der Waals surface area (Å²) in [6, 6.07) is 4.47. The zero-order chi connectivity index (χ0) is 16.1. The lowest BCUT2D eigenvalue weighted by atomic mass is 9.91. The van der Waals surface area contributed by atoms with Crippen molar-refractivity contribution >= 4 is 34.0 Å². The fourth-order valence-electron chi connectivity index (χ4n) is 3.14. The minimum atomic E-state index is 0.378. The number of piperidine rings is 1. The normalized spacial score (nSPS) is 15.8. The lowest BCUT2D eigenvalue weighted by molar-refractivity contribution is -0.119. The van der Waals surface area contributed by atoms with Crippen LogP contribution in [0.5, 0.6) is 0 Å². The fourth-order valence-corrected chi connectivity index (χ4v) is 4.44. The summed E-state index contributed by atoms with van der Waals surface area (Å²) < 4.78 is 0. The molecule has 1 aliphatic heterocycles. The quantitative estimate of drug-likeness (QED) is 0.728. The molecule has 4 heteroatoms. The van der Waals surface area contributed by atoms with E-state index in [4.69, 9.17) is 0 Å². The van der Waals surface area contributed by atoms with Gasteiger partial charge in [-0.2, -0.15) is 22.7 Å². The van der Waals surface area contributed by atoms with E-state index in [1.165, 1.54) is 16.7 Å². The Morgan fingerprint density at radius 2 is 1.70 bits per heavy atom. The van der Waals surface area contributed by atoms with Crippen LogP contribution in [0.3, 0.4) is 0 Å². The first kappa shape index (κ1) is 16.6. The van der Waals surface area contributed by atoms with E-state index in [1.807, 2.05) is 6.92 Å². The summed E-state index contributed by atoms with van der Waals surface area (Å²) in [5.74, 6) is 0.378. The van der Waals surface area contributed by atoms with Crippen LogP contribution in [-0.2, 0) is 4.79 Å². The van der Waals surface area contributed by atoms with Gasteiger partial charge in [0.05, 0.1) is 0 Å². The Balaban J connectivity index is 1.72. The number of nitrogens with zero attached hydrogens (tertiary/aromatic N) is 1. The van der Waals surface area contributed by atoms with Crippen LogP contribution in [0.2, 0.25) is 0 Å². The number of rotatable bonds is 6. The highest BCUT2D eigenvalue weighted by atomic mass is 32.1. The lowest BCUT2D eigenvalue weighted by Gasteiger charge is -2.29. The van der Waals surface area contributed by atoms with Crippen molar-refractivity contribution in [3.05, 3.63) is 50.4 Å². The molecule has 3 heterocycles. The number of hydrogen-bond acceptors (Lipinski definition) is 4. The number of carbonyl (C=O) groups is 1. The number of ketones is 1. The van der Waals surface area contributed by atoms with Gasteiger partial charge in [0.15, 0.2) is 0 Å². The van der Waals surface area contributed by atoms with Crippen LogP contribution in [0.25, 0.3) is 5.57 Å². The molecule has 0 atom stereocenters. The molecule has 2 aromatic rings. The van der Waals surface area contributed by atoms with Gasteiger partial charge in [0.2, 0.25) is 0 Å². The second-order valence-electron chi connectivity index (χ2n) is 5.99. The molecule has 0 N–H and O–H groups in total. The molecule has 1 fully saturated rings. The molecule has 2 nitrogen and oxygen atoms in total. The molecule has 0 amide bonds. The van der Waals surface area contributed by atoms with Crippen molar-refractivity contribution in [2.45, 2.75) is 32.6 Å². The van der Waals surface area contributed by atoms with Crippen molar-refractivity contribution in [1.29, 1.82) is 0 Å². The molecule has 0 unspecified atom stereocenters.